The molecule has 0 saturated heterocycles. The molecule has 3 atom stereocenters. The normalized spacial score (nSPS) is 49.1. The smallest absolute Gasteiger partial charge is 0.136 e. The van der Waals surface area contributed by atoms with Crippen LogP contribution < -0.4 is 0 Å². The topological polar surface area (TPSA) is 17.1 Å². The molecule has 0 aromatic rings. The fourth-order valence-corrected chi connectivity index (χ4v) is 4.50. The summed E-state index contributed by atoms with van der Waals surface area (Å²) >= 11 is 0. The lowest BCUT2D eigenvalue weighted by molar-refractivity contribution is -0.125. The van der Waals surface area contributed by atoms with E-state index in [0.717, 1.165) is 6.42 Å². The van der Waals surface area contributed by atoms with Crippen LogP contribution in [0.25, 0.3) is 0 Å². The second-order valence-electron chi connectivity index (χ2n) is 6.87. The van der Waals surface area contributed by atoms with Crippen LogP contribution in [0.4, 0.5) is 0 Å². The van der Waals surface area contributed by atoms with Crippen molar-refractivity contribution in [1.82, 2.24) is 0 Å². The van der Waals surface area contributed by atoms with Crippen molar-refractivity contribution in [2.45, 2.75) is 60.3 Å². The summed E-state index contributed by atoms with van der Waals surface area (Å²) in [4.78, 5) is 12.0. The molecular weight excluding hydrogens is 184 g/mol. The van der Waals surface area contributed by atoms with Gasteiger partial charge in [-0.1, -0.05) is 41.0 Å². The van der Waals surface area contributed by atoms with Crippen molar-refractivity contribution in [2.75, 3.05) is 0 Å². The Balaban J connectivity index is 2.53. The predicted molar refractivity (Wildman–Crippen MR) is 62.6 cm³/mol. The summed E-state index contributed by atoms with van der Waals surface area (Å²) < 4.78 is 0. The van der Waals surface area contributed by atoms with Crippen molar-refractivity contribution >= 4 is 5.78 Å². The number of hydrogen-bond acceptors (Lipinski definition) is 1. The largest absolute Gasteiger partial charge is 0.299 e. The molecule has 1 nitrogen and oxygen atoms in total. The Kier molecular flexibility index (Phi) is 2.13. The molecule has 0 amide bonds. The molecule has 0 aliphatic heterocycles. The first-order valence-electron chi connectivity index (χ1n) is 6.27. The molecule has 0 aromatic carbocycles. The molecule has 2 saturated carbocycles. The van der Waals surface area contributed by atoms with Crippen molar-refractivity contribution in [3.63, 3.8) is 0 Å². The molecule has 15 heavy (non-hydrogen) atoms. The SMILES string of the molecule is C[C@@H]1C(=O)C[C@@]2(C)CCCC(C)(C)[C@@]12C. The van der Waals surface area contributed by atoms with E-state index in [9.17, 15) is 4.79 Å². The molecule has 2 rings (SSSR count). The van der Waals surface area contributed by atoms with E-state index in [1.165, 1.54) is 19.3 Å². The first-order chi connectivity index (χ1) is 6.75. The summed E-state index contributed by atoms with van der Waals surface area (Å²) in [5.74, 6) is 0.743. The highest BCUT2D eigenvalue weighted by Gasteiger charge is 2.64. The van der Waals surface area contributed by atoms with Crippen LogP contribution in [0.2, 0.25) is 0 Å². The zero-order valence-electron chi connectivity index (χ0n) is 10.8. The van der Waals surface area contributed by atoms with Crippen LogP contribution in [0.1, 0.15) is 60.3 Å². The van der Waals surface area contributed by atoms with Crippen molar-refractivity contribution in [3.8, 4) is 0 Å². The van der Waals surface area contributed by atoms with Crippen molar-refractivity contribution in [3.05, 3.63) is 0 Å². The summed E-state index contributed by atoms with van der Waals surface area (Å²) in [6, 6.07) is 0. The zero-order chi connectivity index (χ0) is 11.5. The second kappa shape index (κ2) is 2.87. The molecule has 0 aromatic heterocycles. The third-order valence-corrected chi connectivity index (χ3v) is 6.10. The van der Waals surface area contributed by atoms with Gasteiger partial charge in [0.05, 0.1) is 0 Å². The number of fused-ring (bicyclic) bond motifs is 1. The fraction of sp³-hybridized carbons (Fsp3) is 0.929. The Labute approximate surface area is 93.6 Å². The number of hydrogen-bond donors (Lipinski definition) is 0. The molecule has 0 unspecified atom stereocenters. The summed E-state index contributed by atoms with van der Waals surface area (Å²) in [5.41, 5.74) is 0.770. The lowest BCUT2D eigenvalue weighted by atomic mass is 9.47. The lowest BCUT2D eigenvalue weighted by Gasteiger charge is -2.57. The van der Waals surface area contributed by atoms with Gasteiger partial charge < -0.3 is 0 Å². The van der Waals surface area contributed by atoms with Crippen LogP contribution in [0.5, 0.6) is 0 Å². The Morgan fingerprint density at radius 1 is 1.13 bits per heavy atom. The standard InChI is InChI=1S/C14H24O/c1-10-11(15)9-13(4)8-6-7-12(2,3)14(10,13)5/h10H,6-9H2,1-5H3/t10-,13-,14-/m1/s1. The average molecular weight is 208 g/mol. The van der Waals surface area contributed by atoms with Crippen LogP contribution in [0, 0.1) is 22.2 Å². The summed E-state index contributed by atoms with van der Waals surface area (Å²) in [7, 11) is 0. The van der Waals surface area contributed by atoms with Crippen LogP contribution in [-0.4, -0.2) is 5.78 Å². The molecule has 0 spiro atoms. The van der Waals surface area contributed by atoms with Gasteiger partial charge in [-0.05, 0) is 29.1 Å². The monoisotopic (exact) mass is 208 g/mol. The first-order valence-corrected chi connectivity index (χ1v) is 6.27. The van der Waals surface area contributed by atoms with E-state index < -0.39 is 0 Å². The maximum Gasteiger partial charge on any atom is 0.136 e. The fourth-order valence-electron chi connectivity index (χ4n) is 4.50. The zero-order valence-corrected chi connectivity index (χ0v) is 10.8. The minimum Gasteiger partial charge on any atom is -0.299 e. The minimum atomic E-state index is 0.204. The van der Waals surface area contributed by atoms with E-state index in [4.69, 9.17) is 0 Å². The second-order valence-corrected chi connectivity index (χ2v) is 6.87. The summed E-state index contributed by atoms with van der Waals surface area (Å²) in [5, 5.41) is 0. The highest BCUT2D eigenvalue weighted by molar-refractivity contribution is 5.85. The summed E-state index contributed by atoms with van der Waals surface area (Å²) in [6.07, 6.45) is 4.62. The minimum absolute atomic E-state index is 0.204. The third-order valence-electron chi connectivity index (χ3n) is 6.10. The molecule has 0 radical (unpaired) electrons. The molecule has 0 N–H and O–H groups in total. The molecule has 2 aliphatic carbocycles. The number of carbonyl (C=O) groups excluding carboxylic acids is 1. The van der Waals surface area contributed by atoms with Gasteiger partial charge in [0.1, 0.15) is 5.78 Å². The molecule has 1 heteroatoms. The average Bonchev–Trinajstić information content (AvgIpc) is 2.28. The van der Waals surface area contributed by atoms with Gasteiger partial charge in [-0.25, -0.2) is 0 Å². The van der Waals surface area contributed by atoms with Gasteiger partial charge in [-0.3, -0.25) is 4.79 Å². The third kappa shape index (κ3) is 1.13. The number of rotatable bonds is 0. The number of carbonyl (C=O) groups is 1. The van der Waals surface area contributed by atoms with E-state index in [1.54, 1.807) is 0 Å². The van der Waals surface area contributed by atoms with E-state index in [1.807, 2.05) is 0 Å². The molecule has 86 valence electrons. The Bertz CT molecular complexity index is 304. The van der Waals surface area contributed by atoms with E-state index in [0.29, 0.717) is 11.2 Å². The van der Waals surface area contributed by atoms with Gasteiger partial charge in [-0.2, -0.15) is 0 Å². The van der Waals surface area contributed by atoms with Crippen LogP contribution in [0.3, 0.4) is 0 Å². The predicted octanol–water partition coefficient (Wildman–Crippen LogP) is 3.82. The van der Waals surface area contributed by atoms with Gasteiger partial charge >= 0.3 is 0 Å². The molecular formula is C14H24O. The molecule has 0 heterocycles. The molecule has 0 bridgehead atoms. The van der Waals surface area contributed by atoms with Gasteiger partial charge in [0.2, 0.25) is 0 Å². The van der Waals surface area contributed by atoms with Crippen LogP contribution in [0.15, 0.2) is 0 Å². The van der Waals surface area contributed by atoms with E-state index in [-0.39, 0.29) is 16.7 Å². The van der Waals surface area contributed by atoms with Gasteiger partial charge in [-0.15, -0.1) is 0 Å². The highest BCUT2D eigenvalue weighted by Crippen LogP contribution is 2.68. The van der Waals surface area contributed by atoms with E-state index >= 15 is 0 Å². The van der Waals surface area contributed by atoms with Gasteiger partial charge in [0.25, 0.3) is 0 Å². The van der Waals surface area contributed by atoms with E-state index in [2.05, 4.69) is 34.6 Å². The van der Waals surface area contributed by atoms with Gasteiger partial charge in [0.15, 0.2) is 0 Å². The van der Waals surface area contributed by atoms with Crippen molar-refractivity contribution in [2.24, 2.45) is 22.2 Å². The number of Topliss-reactive ketones (excluding diaryl/α,β-unsaturated/α-hetero) is 1. The molecule has 2 fully saturated rings. The Morgan fingerprint density at radius 2 is 1.73 bits per heavy atom. The van der Waals surface area contributed by atoms with Crippen LogP contribution in [-0.2, 0) is 4.79 Å². The Hall–Kier alpha value is -0.330. The van der Waals surface area contributed by atoms with Crippen LogP contribution >= 0.6 is 0 Å². The van der Waals surface area contributed by atoms with Gasteiger partial charge in [0, 0.05) is 12.3 Å². The summed E-state index contributed by atoms with van der Waals surface area (Å²) in [6.45, 7) is 11.6. The quantitative estimate of drug-likeness (QED) is 0.591. The lowest BCUT2D eigenvalue weighted by Crippen LogP contribution is -2.50. The van der Waals surface area contributed by atoms with Crippen molar-refractivity contribution in [1.29, 1.82) is 0 Å². The maximum atomic E-state index is 12.0. The van der Waals surface area contributed by atoms with Crippen molar-refractivity contribution < 1.29 is 4.79 Å². The number of ketones is 1. The first kappa shape index (κ1) is 11.2. The maximum absolute atomic E-state index is 12.0. The highest BCUT2D eigenvalue weighted by atomic mass is 16.1. The Morgan fingerprint density at radius 3 is 2.27 bits per heavy atom. The molecule has 2 aliphatic rings.